The van der Waals surface area contributed by atoms with E-state index >= 15 is 0 Å². The first kappa shape index (κ1) is 16.8. The second-order valence-electron chi connectivity index (χ2n) is 5.26. The fourth-order valence-electron chi connectivity index (χ4n) is 2.29. The van der Waals surface area contributed by atoms with Crippen molar-refractivity contribution in [2.75, 3.05) is 20.3 Å². The largest absolute Gasteiger partial charge is 0.493 e. The number of benzene rings is 2. The first-order valence-corrected chi connectivity index (χ1v) is 7.62. The lowest BCUT2D eigenvalue weighted by Gasteiger charge is -2.11. The van der Waals surface area contributed by atoms with Crippen molar-refractivity contribution in [1.82, 2.24) is 0 Å². The lowest BCUT2D eigenvalue weighted by atomic mass is 10.1. The summed E-state index contributed by atoms with van der Waals surface area (Å²) in [5.41, 5.74) is 7.56. The molecule has 0 heterocycles. The molecule has 0 aromatic heterocycles. The topological polar surface area (TPSA) is 78.2 Å². The quantitative estimate of drug-likeness (QED) is 0.674. The van der Waals surface area contributed by atoms with Gasteiger partial charge >= 0.3 is 0 Å². The molecule has 0 saturated heterocycles. The SMILES string of the molecule is COc1ccc(C[NH2+]CCc2ccccc2)cc1OCC(N)=O. The summed E-state index contributed by atoms with van der Waals surface area (Å²) >= 11 is 0. The molecule has 2 rings (SSSR count). The predicted octanol–water partition coefficient (Wildman–Crippen LogP) is 0.865. The Hall–Kier alpha value is -2.53. The fraction of sp³-hybridized carbons (Fsp3) is 0.278. The van der Waals surface area contributed by atoms with E-state index in [0.29, 0.717) is 11.5 Å². The smallest absolute Gasteiger partial charge is 0.255 e. The van der Waals surface area contributed by atoms with Crippen molar-refractivity contribution in [3.8, 4) is 11.5 Å². The van der Waals surface area contributed by atoms with Crippen molar-refractivity contribution in [3.05, 3.63) is 59.7 Å². The van der Waals surface area contributed by atoms with Gasteiger partial charge in [0.15, 0.2) is 18.1 Å². The molecule has 23 heavy (non-hydrogen) atoms. The Labute approximate surface area is 136 Å². The molecule has 0 unspecified atom stereocenters. The van der Waals surface area contributed by atoms with Gasteiger partial charge in [-0.2, -0.15) is 0 Å². The number of hydrogen-bond donors (Lipinski definition) is 2. The number of nitrogens with two attached hydrogens (primary N) is 2. The molecule has 0 atom stereocenters. The molecule has 0 bridgehead atoms. The Kier molecular flexibility index (Phi) is 6.44. The third-order valence-electron chi connectivity index (χ3n) is 3.46. The first-order valence-electron chi connectivity index (χ1n) is 7.62. The molecule has 0 saturated carbocycles. The zero-order chi connectivity index (χ0) is 16.5. The molecule has 5 heteroatoms. The normalized spacial score (nSPS) is 10.3. The number of carbonyl (C=O) groups excluding carboxylic acids is 1. The number of carbonyl (C=O) groups is 1. The zero-order valence-corrected chi connectivity index (χ0v) is 13.3. The van der Waals surface area contributed by atoms with Crippen LogP contribution in [0.15, 0.2) is 48.5 Å². The van der Waals surface area contributed by atoms with Crippen LogP contribution in [-0.4, -0.2) is 26.2 Å². The van der Waals surface area contributed by atoms with Crippen LogP contribution in [0.2, 0.25) is 0 Å². The van der Waals surface area contributed by atoms with Crippen LogP contribution in [0.1, 0.15) is 11.1 Å². The number of primary amides is 1. The second-order valence-corrected chi connectivity index (χ2v) is 5.26. The van der Waals surface area contributed by atoms with Gasteiger partial charge in [0.2, 0.25) is 0 Å². The van der Waals surface area contributed by atoms with Crippen LogP contribution in [0, 0.1) is 0 Å². The van der Waals surface area contributed by atoms with E-state index in [1.54, 1.807) is 7.11 Å². The molecule has 1 amide bonds. The van der Waals surface area contributed by atoms with Crippen LogP contribution in [0.5, 0.6) is 11.5 Å². The molecular weight excluding hydrogens is 292 g/mol. The summed E-state index contributed by atoms with van der Waals surface area (Å²) in [6, 6.07) is 16.1. The van der Waals surface area contributed by atoms with E-state index in [2.05, 4.69) is 29.6 Å². The van der Waals surface area contributed by atoms with E-state index < -0.39 is 5.91 Å². The molecular formula is C18H23N2O3+. The molecule has 0 aliphatic heterocycles. The molecule has 2 aromatic carbocycles. The molecule has 0 aliphatic rings. The average Bonchev–Trinajstić information content (AvgIpc) is 2.58. The highest BCUT2D eigenvalue weighted by Gasteiger charge is 2.08. The minimum atomic E-state index is -0.508. The highest BCUT2D eigenvalue weighted by Crippen LogP contribution is 2.27. The Bertz CT molecular complexity index is 629. The number of quaternary nitrogens is 1. The third kappa shape index (κ3) is 5.64. The zero-order valence-electron chi connectivity index (χ0n) is 13.3. The molecule has 0 spiro atoms. The maximum atomic E-state index is 10.9. The van der Waals surface area contributed by atoms with Gasteiger partial charge in [-0.05, 0) is 23.8 Å². The van der Waals surface area contributed by atoms with E-state index in [-0.39, 0.29) is 6.61 Å². The van der Waals surface area contributed by atoms with Gasteiger partial charge in [-0.3, -0.25) is 4.79 Å². The number of ether oxygens (including phenoxy) is 2. The van der Waals surface area contributed by atoms with Crippen LogP contribution in [0.3, 0.4) is 0 Å². The average molecular weight is 315 g/mol. The number of amides is 1. The van der Waals surface area contributed by atoms with E-state index in [1.165, 1.54) is 5.56 Å². The van der Waals surface area contributed by atoms with Gasteiger partial charge in [-0.25, -0.2) is 0 Å². The van der Waals surface area contributed by atoms with Crippen LogP contribution < -0.4 is 20.5 Å². The van der Waals surface area contributed by atoms with Gasteiger partial charge in [0, 0.05) is 12.0 Å². The van der Waals surface area contributed by atoms with Crippen molar-refractivity contribution in [3.63, 3.8) is 0 Å². The fourth-order valence-corrected chi connectivity index (χ4v) is 2.29. The minimum Gasteiger partial charge on any atom is -0.493 e. The summed E-state index contributed by atoms with van der Waals surface area (Å²) in [4.78, 5) is 10.9. The van der Waals surface area contributed by atoms with Gasteiger partial charge < -0.3 is 20.5 Å². The molecule has 4 N–H and O–H groups in total. The van der Waals surface area contributed by atoms with Crippen LogP contribution in [0.4, 0.5) is 0 Å². The number of rotatable bonds is 9. The Morgan fingerprint density at radius 1 is 1.09 bits per heavy atom. The van der Waals surface area contributed by atoms with E-state index in [4.69, 9.17) is 15.2 Å². The van der Waals surface area contributed by atoms with Crippen LogP contribution >= 0.6 is 0 Å². The summed E-state index contributed by atoms with van der Waals surface area (Å²) < 4.78 is 10.6. The maximum absolute atomic E-state index is 10.9. The third-order valence-corrected chi connectivity index (χ3v) is 3.46. The van der Waals surface area contributed by atoms with Crippen molar-refractivity contribution < 1.29 is 19.6 Å². The Morgan fingerprint density at radius 2 is 1.87 bits per heavy atom. The summed E-state index contributed by atoms with van der Waals surface area (Å²) in [6.45, 7) is 1.69. The Morgan fingerprint density at radius 3 is 2.57 bits per heavy atom. The van der Waals surface area contributed by atoms with E-state index in [0.717, 1.165) is 25.1 Å². The van der Waals surface area contributed by atoms with Crippen molar-refractivity contribution in [2.45, 2.75) is 13.0 Å². The monoisotopic (exact) mass is 315 g/mol. The van der Waals surface area contributed by atoms with Gasteiger partial charge in [0.1, 0.15) is 6.54 Å². The highest BCUT2D eigenvalue weighted by molar-refractivity contribution is 5.75. The molecule has 5 nitrogen and oxygen atoms in total. The van der Waals surface area contributed by atoms with Crippen molar-refractivity contribution in [1.29, 1.82) is 0 Å². The van der Waals surface area contributed by atoms with Crippen LogP contribution in [0.25, 0.3) is 0 Å². The first-order chi connectivity index (χ1) is 11.2. The van der Waals surface area contributed by atoms with Gasteiger partial charge in [-0.1, -0.05) is 30.3 Å². The molecule has 0 radical (unpaired) electrons. The molecule has 0 aliphatic carbocycles. The van der Waals surface area contributed by atoms with E-state index in [9.17, 15) is 4.79 Å². The predicted molar refractivity (Wildman–Crippen MR) is 88.3 cm³/mol. The second kappa shape index (κ2) is 8.80. The lowest BCUT2D eigenvalue weighted by Crippen LogP contribution is -2.83. The van der Waals surface area contributed by atoms with E-state index in [1.807, 2.05) is 24.3 Å². The summed E-state index contributed by atoms with van der Waals surface area (Å²) in [5, 5.41) is 2.24. The maximum Gasteiger partial charge on any atom is 0.255 e. The van der Waals surface area contributed by atoms with Crippen LogP contribution in [-0.2, 0) is 17.8 Å². The molecule has 122 valence electrons. The van der Waals surface area contributed by atoms with Gasteiger partial charge in [0.05, 0.1) is 13.7 Å². The summed E-state index contributed by atoms with van der Waals surface area (Å²) in [7, 11) is 1.57. The van der Waals surface area contributed by atoms with Crippen molar-refractivity contribution in [2.24, 2.45) is 5.73 Å². The number of methoxy groups -OCH3 is 1. The summed E-state index contributed by atoms with van der Waals surface area (Å²) in [6.07, 6.45) is 1.03. The van der Waals surface area contributed by atoms with Gasteiger partial charge in [0.25, 0.3) is 5.91 Å². The lowest BCUT2D eigenvalue weighted by molar-refractivity contribution is -0.670. The number of hydrogen-bond acceptors (Lipinski definition) is 3. The van der Waals surface area contributed by atoms with Crippen molar-refractivity contribution >= 4 is 5.91 Å². The standard InChI is InChI=1S/C18H22N2O3/c1-22-16-8-7-15(11-17(16)23-13-18(19)21)12-20-10-9-14-5-3-2-4-6-14/h2-8,11,20H,9-10,12-13H2,1H3,(H2,19,21)/p+1. The molecule has 0 fully saturated rings. The molecule has 2 aromatic rings. The van der Waals surface area contributed by atoms with Gasteiger partial charge in [-0.15, -0.1) is 0 Å². The Balaban J connectivity index is 1.87. The highest BCUT2D eigenvalue weighted by atomic mass is 16.5. The minimum absolute atomic E-state index is 0.155. The summed E-state index contributed by atoms with van der Waals surface area (Å²) in [5.74, 6) is 0.631.